The molecule has 0 radical (unpaired) electrons. The van der Waals surface area contributed by atoms with Crippen molar-refractivity contribution in [2.45, 2.75) is 19.9 Å². The molecule has 1 unspecified atom stereocenters. The van der Waals surface area contributed by atoms with Crippen molar-refractivity contribution in [2.75, 3.05) is 34.4 Å². The third kappa shape index (κ3) is 7.62. The van der Waals surface area contributed by atoms with Crippen LogP contribution in [0.1, 0.15) is 31.0 Å². The molecule has 0 aliphatic heterocycles. The fraction of sp³-hybridized carbons (Fsp3) is 0.375. The maximum Gasteiger partial charge on any atom is 0.244 e. The average Bonchev–Trinajstić information content (AvgIpc) is 2.70. The van der Waals surface area contributed by atoms with E-state index in [1.807, 2.05) is 62.6 Å². The number of carbonyl (C=O) groups excluding carboxylic acids is 1. The first-order valence-electron chi connectivity index (χ1n) is 9.88. The first-order chi connectivity index (χ1) is 13.9. The number of methoxy groups -OCH3 is 1. The number of ether oxygens (including phenoxy) is 2. The first-order valence-corrected chi connectivity index (χ1v) is 9.88. The second kappa shape index (κ2) is 11.3. The summed E-state index contributed by atoms with van der Waals surface area (Å²) in [5.41, 5.74) is 1.95. The zero-order valence-corrected chi connectivity index (χ0v) is 18.0. The van der Waals surface area contributed by atoms with Crippen LogP contribution in [-0.4, -0.2) is 45.2 Å². The van der Waals surface area contributed by atoms with Crippen molar-refractivity contribution in [3.8, 4) is 11.5 Å². The molecule has 0 bridgehead atoms. The Hall–Kier alpha value is -2.79. The lowest BCUT2D eigenvalue weighted by molar-refractivity contribution is -0.117. The minimum atomic E-state index is -0.139. The van der Waals surface area contributed by atoms with E-state index in [1.54, 1.807) is 19.3 Å². The Morgan fingerprint density at radius 1 is 1.10 bits per heavy atom. The lowest BCUT2D eigenvalue weighted by Crippen LogP contribution is -2.34. The summed E-state index contributed by atoms with van der Waals surface area (Å²) in [4.78, 5) is 14.6. The lowest BCUT2D eigenvalue weighted by atomic mass is 10.1. The molecule has 2 rings (SSSR count). The summed E-state index contributed by atoms with van der Waals surface area (Å²) in [6.07, 6.45) is 3.33. The van der Waals surface area contributed by atoms with Gasteiger partial charge in [0.15, 0.2) is 11.5 Å². The number of benzene rings is 2. The van der Waals surface area contributed by atoms with Crippen LogP contribution < -0.4 is 14.8 Å². The molecule has 0 aliphatic carbocycles. The predicted molar refractivity (Wildman–Crippen MR) is 118 cm³/mol. The van der Waals surface area contributed by atoms with E-state index in [0.29, 0.717) is 24.0 Å². The Bertz CT molecular complexity index is 801. The van der Waals surface area contributed by atoms with E-state index in [1.165, 1.54) is 0 Å². The number of hydrogen-bond acceptors (Lipinski definition) is 4. The van der Waals surface area contributed by atoms with Crippen molar-refractivity contribution in [2.24, 2.45) is 5.92 Å². The number of rotatable bonds is 10. The number of hydrogen-bond donors (Lipinski definition) is 1. The van der Waals surface area contributed by atoms with Crippen LogP contribution in [0.15, 0.2) is 54.6 Å². The van der Waals surface area contributed by atoms with Crippen LogP contribution in [0.2, 0.25) is 0 Å². The van der Waals surface area contributed by atoms with Gasteiger partial charge < -0.3 is 19.7 Å². The highest BCUT2D eigenvalue weighted by Crippen LogP contribution is 2.29. The highest BCUT2D eigenvalue weighted by atomic mass is 16.5. The summed E-state index contributed by atoms with van der Waals surface area (Å²) in [6.45, 7) is 5.54. The zero-order chi connectivity index (χ0) is 21.2. The number of amides is 1. The van der Waals surface area contributed by atoms with E-state index < -0.39 is 0 Å². The van der Waals surface area contributed by atoms with Crippen LogP contribution in [0, 0.1) is 5.92 Å². The lowest BCUT2D eigenvalue weighted by Gasteiger charge is -2.22. The molecule has 5 heteroatoms. The van der Waals surface area contributed by atoms with Crippen molar-refractivity contribution >= 4 is 12.0 Å². The van der Waals surface area contributed by atoms with Gasteiger partial charge in [-0.05, 0) is 49.3 Å². The molecule has 5 nitrogen and oxygen atoms in total. The van der Waals surface area contributed by atoms with Gasteiger partial charge in [-0.25, -0.2) is 0 Å². The maximum atomic E-state index is 12.5. The van der Waals surface area contributed by atoms with E-state index in [9.17, 15) is 4.79 Å². The average molecular weight is 397 g/mol. The Labute approximate surface area is 174 Å². The van der Waals surface area contributed by atoms with Crippen molar-refractivity contribution in [3.63, 3.8) is 0 Å². The van der Waals surface area contributed by atoms with Gasteiger partial charge >= 0.3 is 0 Å². The normalized spacial score (nSPS) is 12.4. The molecule has 2 aromatic rings. The van der Waals surface area contributed by atoms with Crippen LogP contribution in [0.4, 0.5) is 0 Å². The number of likely N-dealkylation sites (N-methyl/N-ethyl adjacent to an activating group) is 1. The Morgan fingerprint density at radius 3 is 2.45 bits per heavy atom. The van der Waals surface area contributed by atoms with Gasteiger partial charge in [0, 0.05) is 12.6 Å². The minimum absolute atomic E-state index is 0.0790. The molecule has 0 saturated carbocycles. The van der Waals surface area contributed by atoms with Crippen molar-refractivity contribution in [3.05, 3.63) is 65.7 Å². The Morgan fingerprint density at radius 2 is 1.83 bits per heavy atom. The highest BCUT2D eigenvalue weighted by molar-refractivity contribution is 5.92. The molecule has 0 fully saturated rings. The summed E-state index contributed by atoms with van der Waals surface area (Å²) in [5.74, 6) is 1.66. The molecule has 0 spiro atoms. The van der Waals surface area contributed by atoms with Gasteiger partial charge in [-0.2, -0.15) is 0 Å². The third-order valence-electron chi connectivity index (χ3n) is 4.25. The van der Waals surface area contributed by atoms with Crippen molar-refractivity contribution in [1.82, 2.24) is 10.2 Å². The predicted octanol–water partition coefficient (Wildman–Crippen LogP) is 4.16. The quantitative estimate of drug-likeness (QED) is 0.613. The van der Waals surface area contributed by atoms with Gasteiger partial charge in [-0.3, -0.25) is 4.79 Å². The van der Waals surface area contributed by atoms with Gasteiger partial charge in [0.05, 0.1) is 19.8 Å². The molecular formula is C24H32N2O3. The maximum absolute atomic E-state index is 12.5. The molecule has 29 heavy (non-hydrogen) atoms. The molecule has 1 atom stereocenters. The SMILES string of the molecule is COc1cc(/C=C/C(=O)NC(CN(C)C)c2ccccc2)ccc1OCC(C)C. The van der Waals surface area contributed by atoms with E-state index in [4.69, 9.17) is 9.47 Å². The fourth-order valence-corrected chi connectivity index (χ4v) is 2.84. The van der Waals surface area contributed by atoms with Crippen molar-refractivity contribution < 1.29 is 14.3 Å². The van der Waals surface area contributed by atoms with Gasteiger partial charge in [0.25, 0.3) is 0 Å². The van der Waals surface area contributed by atoms with E-state index in [0.717, 1.165) is 17.7 Å². The monoisotopic (exact) mass is 396 g/mol. The smallest absolute Gasteiger partial charge is 0.244 e. The Kier molecular flexibility index (Phi) is 8.74. The van der Waals surface area contributed by atoms with E-state index >= 15 is 0 Å². The van der Waals surface area contributed by atoms with Crippen LogP contribution in [0.3, 0.4) is 0 Å². The van der Waals surface area contributed by atoms with Crippen LogP contribution >= 0.6 is 0 Å². The van der Waals surface area contributed by atoms with E-state index in [2.05, 4.69) is 24.1 Å². The van der Waals surface area contributed by atoms with Gasteiger partial charge in [-0.15, -0.1) is 0 Å². The second-order valence-corrected chi connectivity index (χ2v) is 7.68. The summed E-state index contributed by atoms with van der Waals surface area (Å²) in [5, 5.41) is 3.08. The summed E-state index contributed by atoms with van der Waals surface area (Å²) in [6, 6.07) is 15.6. The van der Waals surface area contributed by atoms with Crippen LogP contribution in [0.25, 0.3) is 6.08 Å². The fourth-order valence-electron chi connectivity index (χ4n) is 2.84. The van der Waals surface area contributed by atoms with Crippen LogP contribution in [0.5, 0.6) is 11.5 Å². The van der Waals surface area contributed by atoms with Crippen molar-refractivity contribution in [1.29, 1.82) is 0 Å². The molecule has 1 amide bonds. The molecule has 2 aromatic carbocycles. The molecule has 156 valence electrons. The molecule has 0 aromatic heterocycles. The highest BCUT2D eigenvalue weighted by Gasteiger charge is 2.14. The molecular weight excluding hydrogens is 364 g/mol. The molecule has 0 aliphatic rings. The third-order valence-corrected chi connectivity index (χ3v) is 4.25. The minimum Gasteiger partial charge on any atom is -0.493 e. The molecule has 0 saturated heterocycles. The standard InChI is InChI=1S/C24H32N2O3/c1-18(2)17-29-22-13-11-19(15-23(22)28-5)12-14-24(27)25-21(16-26(3)4)20-9-7-6-8-10-20/h6-15,18,21H,16-17H2,1-5H3,(H,25,27)/b14-12+. The summed E-state index contributed by atoms with van der Waals surface area (Å²) in [7, 11) is 5.60. The second-order valence-electron chi connectivity index (χ2n) is 7.68. The molecule has 1 N–H and O–H groups in total. The number of carbonyl (C=O) groups is 1. The van der Waals surface area contributed by atoms with Gasteiger partial charge in [0.1, 0.15) is 0 Å². The molecule has 0 heterocycles. The number of nitrogens with one attached hydrogen (secondary N) is 1. The summed E-state index contributed by atoms with van der Waals surface area (Å²) >= 11 is 0. The first kappa shape index (κ1) is 22.5. The Balaban J connectivity index is 2.06. The number of nitrogens with zero attached hydrogens (tertiary/aromatic N) is 1. The zero-order valence-electron chi connectivity index (χ0n) is 18.0. The largest absolute Gasteiger partial charge is 0.493 e. The topological polar surface area (TPSA) is 50.8 Å². The summed E-state index contributed by atoms with van der Waals surface area (Å²) < 4.78 is 11.2. The van der Waals surface area contributed by atoms with E-state index in [-0.39, 0.29) is 11.9 Å². The van der Waals surface area contributed by atoms with Gasteiger partial charge in [-0.1, -0.05) is 50.2 Å². The van der Waals surface area contributed by atoms with Crippen LogP contribution in [-0.2, 0) is 4.79 Å². The van der Waals surface area contributed by atoms with Gasteiger partial charge in [0.2, 0.25) is 5.91 Å².